The molecule has 2 aromatic rings. The van der Waals surface area contributed by atoms with E-state index in [2.05, 4.69) is 25.1 Å². The van der Waals surface area contributed by atoms with Crippen molar-refractivity contribution in [2.75, 3.05) is 0 Å². The van der Waals surface area contributed by atoms with Crippen molar-refractivity contribution in [2.24, 2.45) is 10.9 Å². The summed E-state index contributed by atoms with van der Waals surface area (Å²) in [4.78, 5) is 16.0. The topological polar surface area (TPSA) is 127 Å². The van der Waals surface area contributed by atoms with Crippen LogP contribution >= 0.6 is 0 Å². The minimum atomic E-state index is -0.881. The number of amides is 1. The highest BCUT2D eigenvalue weighted by Gasteiger charge is 2.25. The maximum Gasteiger partial charge on any atom is 0.235 e. The van der Waals surface area contributed by atoms with Crippen LogP contribution in [-0.2, 0) is 11.3 Å². The van der Waals surface area contributed by atoms with Crippen molar-refractivity contribution in [2.45, 2.75) is 12.5 Å². The van der Waals surface area contributed by atoms with Crippen molar-refractivity contribution in [3.05, 3.63) is 48.1 Å². The number of hydrogen-bond acceptors (Lipinski definition) is 6. The summed E-state index contributed by atoms with van der Waals surface area (Å²) < 4.78 is 4.56. The average molecular weight is 275 g/mol. The number of rotatable bonds is 5. The molecule has 0 aliphatic heterocycles. The molecule has 0 bridgehead atoms. The van der Waals surface area contributed by atoms with Crippen LogP contribution in [-0.4, -0.2) is 27.1 Å². The molecule has 0 spiro atoms. The molecule has 1 unspecified atom stereocenters. The highest BCUT2D eigenvalue weighted by molar-refractivity contribution is 6.07. The lowest BCUT2D eigenvalue weighted by Gasteiger charge is -2.15. The van der Waals surface area contributed by atoms with Crippen molar-refractivity contribution in [1.29, 1.82) is 0 Å². The molecular weight excluding hydrogens is 262 g/mol. The van der Waals surface area contributed by atoms with Crippen molar-refractivity contribution in [3.63, 3.8) is 0 Å². The first-order valence-corrected chi connectivity index (χ1v) is 5.77. The van der Waals surface area contributed by atoms with Gasteiger partial charge in [0, 0.05) is 0 Å². The first-order chi connectivity index (χ1) is 9.72. The Morgan fingerprint density at radius 3 is 2.80 bits per heavy atom. The molecule has 1 heterocycles. The summed E-state index contributed by atoms with van der Waals surface area (Å²) in [7, 11) is 0. The highest BCUT2D eigenvalue weighted by atomic mass is 16.5. The predicted octanol–water partition coefficient (Wildman–Crippen LogP) is 0.216. The molecule has 8 nitrogen and oxygen atoms in total. The Labute approximate surface area is 114 Å². The van der Waals surface area contributed by atoms with E-state index >= 15 is 0 Å². The third kappa shape index (κ3) is 3.10. The van der Waals surface area contributed by atoms with E-state index in [9.17, 15) is 4.79 Å². The van der Waals surface area contributed by atoms with E-state index in [1.807, 2.05) is 6.07 Å². The van der Waals surface area contributed by atoms with E-state index in [-0.39, 0.29) is 12.4 Å². The molecule has 1 aromatic heterocycles. The molecule has 0 aliphatic carbocycles. The second kappa shape index (κ2) is 6.32. The molecule has 1 aromatic carbocycles. The number of benzene rings is 1. The van der Waals surface area contributed by atoms with Gasteiger partial charge in [0.1, 0.15) is 5.92 Å². The summed E-state index contributed by atoms with van der Waals surface area (Å²) in [6, 6.07) is 8.77. The standard InChI is InChI=1S/C12H13N5O3/c13-11(16-19)10(8-4-2-1-3-5-8)12(18)14-6-9-15-7-20-17-9/h1-5,7,10,19H,6H2,(H2,13,16)(H,14,18). The lowest BCUT2D eigenvalue weighted by atomic mass is 9.97. The number of amidine groups is 1. The minimum Gasteiger partial charge on any atom is -0.409 e. The van der Waals surface area contributed by atoms with Crippen LogP contribution in [0.3, 0.4) is 0 Å². The number of carbonyl (C=O) groups is 1. The van der Waals surface area contributed by atoms with Crippen LogP contribution in [0.2, 0.25) is 0 Å². The summed E-state index contributed by atoms with van der Waals surface area (Å²) in [5.41, 5.74) is 6.21. The van der Waals surface area contributed by atoms with Crippen LogP contribution in [0.15, 0.2) is 46.4 Å². The van der Waals surface area contributed by atoms with Crippen LogP contribution in [0.1, 0.15) is 17.3 Å². The van der Waals surface area contributed by atoms with Gasteiger partial charge in [-0.15, -0.1) is 0 Å². The number of hydrogen-bond donors (Lipinski definition) is 3. The van der Waals surface area contributed by atoms with Gasteiger partial charge in [-0.05, 0) is 5.56 Å². The van der Waals surface area contributed by atoms with E-state index in [4.69, 9.17) is 10.9 Å². The number of oxime groups is 1. The second-order valence-corrected chi connectivity index (χ2v) is 3.93. The summed E-state index contributed by atoms with van der Waals surface area (Å²) >= 11 is 0. The quantitative estimate of drug-likeness (QED) is 0.310. The normalized spacial score (nSPS) is 12.9. The molecule has 0 saturated carbocycles. The van der Waals surface area contributed by atoms with Crippen molar-refractivity contribution >= 4 is 11.7 Å². The van der Waals surface area contributed by atoms with Crippen molar-refractivity contribution in [3.8, 4) is 0 Å². The average Bonchev–Trinajstić information content (AvgIpc) is 2.99. The Hall–Kier alpha value is -2.90. The van der Waals surface area contributed by atoms with Crippen LogP contribution in [0.25, 0.3) is 0 Å². The van der Waals surface area contributed by atoms with E-state index in [1.54, 1.807) is 24.3 Å². The van der Waals surface area contributed by atoms with Gasteiger partial charge in [0.25, 0.3) is 0 Å². The number of aromatic nitrogens is 2. The van der Waals surface area contributed by atoms with Gasteiger partial charge in [-0.3, -0.25) is 4.79 Å². The second-order valence-electron chi connectivity index (χ2n) is 3.93. The van der Waals surface area contributed by atoms with E-state index in [1.165, 1.54) is 6.39 Å². The Balaban J connectivity index is 2.13. The maximum atomic E-state index is 12.2. The lowest BCUT2D eigenvalue weighted by molar-refractivity contribution is -0.121. The van der Waals surface area contributed by atoms with Gasteiger partial charge in [0.2, 0.25) is 12.3 Å². The summed E-state index contributed by atoms with van der Waals surface area (Å²) in [5, 5.41) is 17.9. The van der Waals surface area contributed by atoms with Gasteiger partial charge in [-0.1, -0.05) is 40.6 Å². The third-order valence-corrected chi connectivity index (χ3v) is 2.63. The fourth-order valence-electron chi connectivity index (χ4n) is 1.70. The molecular formula is C12H13N5O3. The van der Waals surface area contributed by atoms with Crippen LogP contribution in [0, 0.1) is 0 Å². The Morgan fingerprint density at radius 2 is 2.20 bits per heavy atom. The molecule has 0 fully saturated rings. The zero-order chi connectivity index (χ0) is 14.4. The molecule has 20 heavy (non-hydrogen) atoms. The first-order valence-electron chi connectivity index (χ1n) is 5.77. The van der Waals surface area contributed by atoms with Crippen molar-refractivity contribution in [1.82, 2.24) is 15.5 Å². The summed E-state index contributed by atoms with van der Waals surface area (Å²) in [6.45, 7) is 0.0946. The van der Waals surface area contributed by atoms with E-state index in [0.29, 0.717) is 11.4 Å². The van der Waals surface area contributed by atoms with E-state index in [0.717, 1.165) is 0 Å². The molecule has 104 valence electrons. The van der Waals surface area contributed by atoms with Gasteiger partial charge in [0.15, 0.2) is 11.7 Å². The van der Waals surface area contributed by atoms with Crippen molar-refractivity contribution < 1.29 is 14.5 Å². The Morgan fingerprint density at radius 1 is 1.45 bits per heavy atom. The SMILES string of the molecule is N/C(=N/O)C(C(=O)NCc1ncon1)c1ccccc1. The number of nitrogens with one attached hydrogen (secondary N) is 1. The number of carbonyl (C=O) groups excluding carboxylic acids is 1. The molecule has 0 saturated heterocycles. The van der Waals surface area contributed by atoms with E-state index < -0.39 is 11.8 Å². The predicted molar refractivity (Wildman–Crippen MR) is 68.7 cm³/mol. The molecule has 4 N–H and O–H groups in total. The Bertz CT molecular complexity index is 582. The summed E-state index contributed by atoms with van der Waals surface area (Å²) in [5.74, 6) is -1.16. The number of nitrogens with two attached hydrogens (primary N) is 1. The zero-order valence-electron chi connectivity index (χ0n) is 10.4. The smallest absolute Gasteiger partial charge is 0.235 e. The zero-order valence-corrected chi connectivity index (χ0v) is 10.4. The fraction of sp³-hybridized carbons (Fsp3) is 0.167. The van der Waals surface area contributed by atoms with Gasteiger partial charge in [0.05, 0.1) is 6.54 Å². The molecule has 8 heteroatoms. The minimum absolute atomic E-state index is 0.0946. The molecule has 0 aliphatic rings. The summed E-state index contributed by atoms with van der Waals surface area (Å²) in [6.07, 6.45) is 1.17. The van der Waals surface area contributed by atoms with Crippen LogP contribution < -0.4 is 11.1 Å². The molecule has 1 atom stereocenters. The largest absolute Gasteiger partial charge is 0.409 e. The van der Waals surface area contributed by atoms with Gasteiger partial charge >= 0.3 is 0 Å². The third-order valence-electron chi connectivity index (χ3n) is 2.63. The first kappa shape index (κ1) is 13.5. The lowest BCUT2D eigenvalue weighted by Crippen LogP contribution is -2.37. The van der Waals surface area contributed by atoms with Gasteiger partial charge in [-0.25, -0.2) is 0 Å². The van der Waals surface area contributed by atoms with Gasteiger partial charge < -0.3 is 20.8 Å². The highest BCUT2D eigenvalue weighted by Crippen LogP contribution is 2.16. The van der Waals surface area contributed by atoms with Crippen LogP contribution in [0.4, 0.5) is 0 Å². The molecule has 0 radical (unpaired) electrons. The number of nitrogens with zero attached hydrogens (tertiary/aromatic N) is 3. The monoisotopic (exact) mass is 275 g/mol. The molecule has 1 amide bonds. The maximum absolute atomic E-state index is 12.2. The molecule has 2 rings (SSSR count). The van der Waals surface area contributed by atoms with Gasteiger partial charge in [-0.2, -0.15) is 4.98 Å². The Kier molecular flexibility index (Phi) is 4.28. The van der Waals surface area contributed by atoms with Crippen LogP contribution in [0.5, 0.6) is 0 Å². The fourth-order valence-corrected chi connectivity index (χ4v) is 1.70.